The van der Waals surface area contributed by atoms with Crippen LogP contribution in [-0.2, 0) is 9.59 Å². The van der Waals surface area contributed by atoms with Crippen LogP contribution in [0.2, 0.25) is 0 Å². The minimum absolute atomic E-state index is 0. The molecule has 0 bridgehead atoms. The van der Waals surface area contributed by atoms with Crippen LogP contribution in [0.4, 0.5) is 5.69 Å². The van der Waals surface area contributed by atoms with Crippen molar-refractivity contribution in [3.8, 4) is 5.75 Å². The Morgan fingerprint density at radius 3 is 2.77 bits per heavy atom. The molecule has 144 valence electrons. The maximum Gasteiger partial charge on any atom is 0.228 e. The number of benzene rings is 1. The van der Waals surface area contributed by atoms with Gasteiger partial charge in [0.05, 0.1) is 18.2 Å². The Labute approximate surface area is 161 Å². The number of rotatable bonds is 5. The molecular formula is C19H28ClN3O3. The number of hydrogen-bond donors (Lipinski definition) is 1. The first-order valence-corrected chi connectivity index (χ1v) is 8.98. The second kappa shape index (κ2) is 8.27. The van der Waals surface area contributed by atoms with Crippen LogP contribution >= 0.6 is 12.4 Å². The number of carbonyl (C=O) groups is 2. The summed E-state index contributed by atoms with van der Waals surface area (Å²) in [6.07, 6.45) is 1.18. The van der Waals surface area contributed by atoms with Crippen LogP contribution in [0.3, 0.4) is 0 Å². The Kier molecular flexibility index (Phi) is 6.53. The van der Waals surface area contributed by atoms with Crippen molar-refractivity contribution in [1.29, 1.82) is 0 Å². The number of hydrogen-bond acceptors (Lipinski definition) is 4. The van der Waals surface area contributed by atoms with Crippen LogP contribution in [0, 0.1) is 11.3 Å². The lowest BCUT2D eigenvalue weighted by atomic mass is 9.90. The van der Waals surface area contributed by atoms with E-state index in [1.807, 2.05) is 36.1 Å². The standard InChI is InChI=1S/C19H27N3O3.ClH/c1-3-25-16-7-5-4-6-15(16)22-11-14(10-17(22)23)18(24)21-9-8-19(2,12-20)13-21;/h4-7,14H,3,8-13,20H2,1-2H3;1H. The lowest BCUT2D eigenvalue weighted by Gasteiger charge is -2.25. The fourth-order valence-electron chi connectivity index (χ4n) is 3.70. The van der Waals surface area contributed by atoms with Gasteiger partial charge in [-0.15, -0.1) is 12.4 Å². The molecule has 1 aromatic carbocycles. The average molecular weight is 382 g/mol. The Hall–Kier alpha value is -1.79. The molecule has 26 heavy (non-hydrogen) atoms. The zero-order valence-corrected chi connectivity index (χ0v) is 16.3. The van der Waals surface area contributed by atoms with Crippen molar-refractivity contribution < 1.29 is 14.3 Å². The van der Waals surface area contributed by atoms with Gasteiger partial charge in [-0.2, -0.15) is 0 Å². The first-order chi connectivity index (χ1) is 12.0. The zero-order chi connectivity index (χ0) is 18.0. The molecule has 7 heteroatoms. The van der Waals surface area contributed by atoms with Gasteiger partial charge in [0.15, 0.2) is 0 Å². The smallest absolute Gasteiger partial charge is 0.228 e. The van der Waals surface area contributed by atoms with E-state index in [-0.39, 0.29) is 42.0 Å². The molecule has 1 aromatic rings. The van der Waals surface area contributed by atoms with E-state index in [4.69, 9.17) is 10.5 Å². The molecule has 2 amide bonds. The predicted octanol–water partition coefficient (Wildman–Crippen LogP) is 2.06. The molecule has 6 nitrogen and oxygen atoms in total. The van der Waals surface area contributed by atoms with E-state index in [1.165, 1.54) is 0 Å². The van der Waals surface area contributed by atoms with Gasteiger partial charge >= 0.3 is 0 Å². The fourth-order valence-corrected chi connectivity index (χ4v) is 3.70. The van der Waals surface area contributed by atoms with Gasteiger partial charge in [0, 0.05) is 26.1 Å². The van der Waals surface area contributed by atoms with Crippen LogP contribution < -0.4 is 15.4 Å². The molecule has 0 aromatic heterocycles. The third-order valence-electron chi connectivity index (χ3n) is 5.29. The number of para-hydroxylation sites is 2. The molecule has 2 heterocycles. The molecule has 2 aliphatic rings. The second-order valence-corrected chi connectivity index (χ2v) is 7.33. The molecule has 0 radical (unpaired) electrons. The maximum absolute atomic E-state index is 12.9. The Balaban J connectivity index is 0.00000243. The van der Waals surface area contributed by atoms with Crippen molar-refractivity contribution in [2.24, 2.45) is 17.1 Å². The molecule has 0 aliphatic carbocycles. The third-order valence-corrected chi connectivity index (χ3v) is 5.29. The lowest BCUT2D eigenvalue weighted by Crippen LogP contribution is -2.38. The molecule has 2 N–H and O–H groups in total. The third kappa shape index (κ3) is 3.96. The summed E-state index contributed by atoms with van der Waals surface area (Å²) in [4.78, 5) is 28.9. The summed E-state index contributed by atoms with van der Waals surface area (Å²) in [6.45, 7) is 6.97. The summed E-state index contributed by atoms with van der Waals surface area (Å²) in [5.41, 5.74) is 6.58. The summed E-state index contributed by atoms with van der Waals surface area (Å²) >= 11 is 0. The largest absolute Gasteiger partial charge is 0.492 e. The topological polar surface area (TPSA) is 75.9 Å². The van der Waals surface area contributed by atoms with Gasteiger partial charge in [-0.1, -0.05) is 19.1 Å². The van der Waals surface area contributed by atoms with E-state index in [2.05, 4.69) is 6.92 Å². The summed E-state index contributed by atoms with van der Waals surface area (Å²) in [5.74, 6) is 0.443. The number of carbonyl (C=O) groups excluding carboxylic acids is 2. The zero-order valence-electron chi connectivity index (χ0n) is 15.4. The summed E-state index contributed by atoms with van der Waals surface area (Å²) in [6, 6.07) is 7.49. The number of nitrogens with two attached hydrogens (primary N) is 1. The minimum Gasteiger partial charge on any atom is -0.492 e. The van der Waals surface area contributed by atoms with Gasteiger partial charge in [0.1, 0.15) is 5.75 Å². The van der Waals surface area contributed by atoms with Crippen LogP contribution in [-0.4, -0.2) is 49.5 Å². The first kappa shape index (κ1) is 20.5. The normalized spacial score (nSPS) is 25.3. The van der Waals surface area contributed by atoms with Crippen molar-refractivity contribution in [2.45, 2.75) is 26.7 Å². The number of anilines is 1. The number of halogens is 1. The highest BCUT2D eigenvalue weighted by molar-refractivity contribution is 6.01. The number of nitrogens with zero attached hydrogens (tertiary/aromatic N) is 2. The van der Waals surface area contributed by atoms with Gasteiger partial charge in [-0.05, 0) is 37.4 Å². The van der Waals surface area contributed by atoms with Crippen LogP contribution in [0.25, 0.3) is 0 Å². The minimum atomic E-state index is -0.290. The Bertz CT molecular complexity index is 669. The van der Waals surface area contributed by atoms with E-state index in [0.29, 0.717) is 32.0 Å². The van der Waals surface area contributed by atoms with Crippen molar-refractivity contribution in [3.63, 3.8) is 0 Å². The monoisotopic (exact) mass is 381 g/mol. The SMILES string of the molecule is CCOc1ccccc1N1CC(C(=O)N2CCC(C)(CN)C2)CC1=O.Cl. The average Bonchev–Trinajstić information content (AvgIpc) is 3.19. The Morgan fingerprint density at radius 1 is 1.38 bits per heavy atom. The van der Waals surface area contributed by atoms with Gasteiger partial charge < -0.3 is 20.3 Å². The van der Waals surface area contributed by atoms with Crippen molar-refractivity contribution in [1.82, 2.24) is 4.90 Å². The molecule has 3 rings (SSSR count). The highest BCUT2D eigenvalue weighted by atomic mass is 35.5. The molecule has 2 saturated heterocycles. The van der Waals surface area contributed by atoms with E-state index in [9.17, 15) is 9.59 Å². The molecular weight excluding hydrogens is 354 g/mol. The number of likely N-dealkylation sites (tertiary alicyclic amines) is 1. The van der Waals surface area contributed by atoms with Crippen molar-refractivity contribution in [3.05, 3.63) is 24.3 Å². The molecule has 2 unspecified atom stereocenters. The lowest BCUT2D eigenvalue weighted by molar-refractivity contribution is -0.135. The second-order valence-electron chi connectivity index (χ2n) is 7.33. The van der Waals surface area contributed by atoms with Gasteiger partial charge in [0.2, 0.25) is 11.8 Å². The quantitative estimate of drug-likeness (QED) is 0.847. The number of amides is 2. The van der Waals surface area contributed by atoms with E-state index in [0.717, 1.165) is 18.7 Å². The van der Waals surface area contributed by atoms with E-state index < -0.39 is 0 Å². The van der Waals surface area contributed by atoms with Crippen LogP contribution in [0.1, 0.15) is 26.7 Å². The molecule has 2 fully saturated rings. The van der Waals surface area contributed by atoms with Crippen LogP contribution in [0.5, 0.6) is 5.75 Å². The van der Waals surface area contributed by atoms with E-state index in [1.54, 1.807) is 4.90 Å². The number of ether oxygens (including phenoxy) is 1. The highest BCUT2D eigenvalue weighted by Crippen LogP contribution is 2.35. The van der Waals surface area contributed by atoms with Crippen molar-refractivity contribution >= 4 is 29.9 Å². The summed E-state index contributed by atoms with van der Waals surface area (Å²) in [7, 11) is 0. The Morgan fingerprint density at radius 2 is 2.12 bits per heavy atom. The fraction of sp³-hybridized carbons (Fsp3) is 0.579. The van der Waals surface area contributed by atoms with Crippen molar-refractivity contribution in [2.75, 3.05) is 37.7 Å². The van der Waals surface area contributed by atoms with E-state index >= 15 is 0 Å². The molecule has 2 atom stereocenters. The molecule has 2 aliphatic heterocycles. The van der Waals surface area contributed by atoms with Gasteiger partial charge in [-0.3, -0.25) is 9.59 Å². The summed E-state index contributed by atoms with van der Waals surface area (Å²) in [5, 5.41) is 0. The van der Waals surface area contributed by atoms with Gasteiger partial charge in [0.25, 0.3) is 0 Å². The van der Waals surface area contributed by atoms with Gasteiger partial charge in [-0.25, -0.2) is 0 Å². The summed E-state index contributed by atoms with van der Waals surface area (Å²) < 4.78 is 5.63. The highest BCUT2D eigenvalue weighted by Gasteiger charge is 2.42. The maximum atomic E-state index is 12.9. The van der Waals surface area contributed by atoms with Crippen LogP contribution in [0.15, 0.2) is 24.3 Å². The predicted molar refractivity (Wildman–Crippen MR) is 104 cm³/mol. The molecule has 0 spiro atoms. The first-order valence-electron chi connectivity index (χ1n) is 8.98. The molecule has 0 saturated carbocycles.